The molecule has 2 aromatic rings. The van der Waals surface area contributed by atoms with Gasteiger partial charge in [-0.2, -0.15) is 0 Å². The number of para-hydroxylation sites is 1. The van der Waals surface area contributed by atoms with Gasteiger partial charge in [-0.1, -0.05) is 18.2 Å². The Morgan fingerprint density at radius 3 is 2.64 bits per heavy atom. The van der Waals surface area contributed by atoms with Crippen LogP contribution in [0.4, 0.5) is 5.69 Å². The van der Waals surface area contributed by atoms with E-state index < -0.39 is 0 Å². The number of aromatic nitrogens is 1. The van der Waals surface area contributed by atoms with Gasteiger partial charge in [0.05, 0.1) is 5.56 Å². The molecule has 2 heterocycles. The van der Waals surface area contributed by atoms with Crippen LogP contribution < -0.4 is 10.2 Å². The quantitative estimate of drug-likeness (QED) is 0.934. The van der Waals surface area contributed by atoms with Crippen LogP contribution in [0.1, 0.15) is 49.0 Å². The van der Waals surface area contributed by atoms with E-state index >= 15 is 0 Å². The van der Waals surface area contributed by atoms with Crippen LogP contribution in [-0.4, -0.2) is 30.0 Å². The summed E-state index contributed by atoms with van der Waals surface area (Å²) in [6, 6.07) is 9.71. The highest BCUT2D eigenvalue weighted by Crippen LogP contribution is 2.34. The summed E-state index contributed by atoms with van der Waals surface area (Å²) in [4.78, 5) is 26.4. The van der Waals surface area contributed by atoms with E-state index in [2.05, 4.69) is 26.1 Å². The minimum Gasteiger partial charge on any atom is -0.351 e. The number of hydrogen-bond acceptors (Lipinski definition) is 2. The molecule has 0 saturated heterocycles. The molecule has 1 atom stereocenters. The first kappa shape index (κ1) is 17.3. The molecule has 25 heavy (non-hydrogen) atoms. The first-order chi connectivity index (χ1) is 11.8. The molecule has 2 amide bonds. The third kappa shape index (κ3) is 3.45. The standard InChI is InChI=1S/C20H25N3O2/c1-20(2,3)23-10-9-14(13-23)19(25)21-12-15-11-18(24)22(4)17-8-6-5-7-16(15)17/h5-10,13,15H,11-12H2,1-4H3,(H,21,25)/t15-/m0/s1. The Balaban J connectivity index is 1.71. The fraction of sp³-hybridized carbons (Fsp3) is 0.400. The second-order valence-electron chi connectivity index (χ2n) is 7.60. The number of carbonyl (C=O) groups excluding carboxylic acids is 2. The van der Waals surface area contributed by atoms with E-state index in [0.717, 1.165) is 11.3 Å². The second-order valence-corrected chi connectivity index (χ2v) is 7.60. The number of hydrogen-bond donors (Lipinski definition) is 1. The van der Waals surface area contributed by atoms with Crippen LogP contribution >= 0.6 is 0 Å². The molecule has 0 saturated carbocycles. The molecular formula is C20H25N3O2. The molecule has 3 rings (SSSR count). The molecule has 1 aromatic heterocycles. The Morgan fingerprint density at radius 1 is 1.24 bits per heavy atom. The van der Waals surface area contributed by atoms with Crippen LogP contribution in [0.5, 0.6) is 0 Å². The SMILES string of the molecule is CN1C(=O)C[C@@H](CNC(=O)c2ccn(C(C)(C)C)c2)c2ccccc21. The van der Waals surface area contributed by atoms with Gasteiger partial charge in [-0.15, -0.1) is 0 Å². The Hall–Kier alpha value is -2.56. The molecule has 132 valence electrons. The zero-order valence-corrected chi connectivity index (χ0v) is 15.2. The zero-order valence-electron chi connectivity index (χ0n) is 15.2. The van der Waals surface area contributed by atoms with E-state index in [4.69, 9.17) is 0 Å². The lowest BCUT2D eigenvalue weighted by Crippen LogP contribution is -2.37. The van der Waals surface area contributed by atoms with Crippen LogP contribution in [-0.2, 0) is 10.3 Å². The van der Waals surface area contributed by atoms with Gasteiger partial charge in [-0.05, 0) is 38.5 Å². The van der Waals surface area contributed by atoms with Crippen molar-refractivity contribution in [2.24, 2.45) is 0 Å². The van der Waals surface area contributed by atoms with Crippen molar-refractivity contribution in [3.8, 4) is 0 Å². The molecule has 1 aliphatic rings. The van der Waals surface area contributed by atoms with Crippen LogP contribution in [0, 0.1) is 0 Å². The molecule has 1 aromatic carbocycles. The van der Waals surface area contributed by atoms with E-state index in [9.17, 15) is 9.59 Å². The summed E-state index contributed by atoms with van der Waals surface area (Å²) < 4.78 is 2.02. The highest BCUT2D eigenvalue weighted by atomic mass is 16.2. The molecule has 5 heteroatoms. The molecule has 0 radical (unpaired) electrons. The van der Waals surface area contributed by atoms with Gasteiger partial charge in [0, 0.05) is 49.6 Å². The van der Waals surface area contributed by atoms with Crippen molar-refractivity contribution in [1.29, 1.82) is 0 Å². The number of rotatable bonds is 3. The molecular weight excluding hydrogens is 314 g/mol. The molecule has 1 aliphatic heterocycles. The van der Waals surface area contributed by atoms with Crippen LogP contribution in [0.3, 0.4) is 0 Å². The molecule has 1 N–H and O–H groups in total. The maximum absolute atomic E-state index is 12.5. The fourth-order valence-corrected chi connectivity index (χ4v) is 3.18. The van der Waals surface area contributed by atoms with Crippen molar-refractivity contribution < 1.29 is 9.59 Å². The number of anilines is 1. The molecule has 0 aliphatic carbocycles. The highest BCUT2D eigenvalue weighted by Gasteiger charge is 2.29. The van der Waals surface area contributed by atoms with Gasteiger partial charge in [0.25, 0.3) is 5.91 Å². The van der Waals surface area contributed by atoms with Crippen LogP contribution in [0.25, 0.3) is 0 Å². The average molecular weight is 339 g/mol. The largest absolute Gasteiger partial charge is 0.351 e. The zero-order chi connectivity index (χ0) is 18.2. The lowest BCUT2D eigenvalue weighted by atomic mass is 9.89. The lowest BCUT2D eigenvalue weighted by molar-refractivity contribution is -0.119. The van der Waals surface area contributed by atoms with E-state index in [1.807, 2.05) is 47.3 Å². The maximum atomic E-state index is 12.5. The summed E-state index contributed by atoms with van der Waals surface area (Å²) in [6.45, 7) is 6.73. The number of fused-ring (bicyclic) bond motifs is 1. The van der Waals surface area contributed by atoms with Crippen LogP contribution in [0.15, 0.2) is 42.7 Å². The van der Waals surface area contributed by atoms with E-state index in [-0.39, 0.29) is 23.3 Å². The predicted molar refractivity (Wildman–Crippen MR) is 99.0 cm³/mol. The van der Waals surface area contributed by atoms with Crippen molar-refractivity contribution in [1.82, 2.24) is 9.88 Å². The third-order valence-corrected chi connectivity index (χ3v) is 4.77. The summed E-state index contributed by atoms with van der Waals surface area (Å²) in [6.07, 6.45) is 4.20. The van der Waals surface area contributed by atoms with E-state index in [1.165, 1.54) is 0 Å². The maximum Gasteiger partial charge on any atom is 0.252 e. The van der Waals surface area contributed by atoms with Gasteiger partial charge in [-0.25, -0.2) is 0 Å². The van der Waals surface area contributed by atoms with Gasteiger partial charge in [0.15, 0.2) is 0 Å². The Morgan fingerprint density at radius 2 is 1.96 bits per heavy atom. The molecule has 0 fully saturated rings. The van der Waals surface area contributed by atoms with Crippen molar-refractivity contribution in [3.05, 3.63) is 53.9 Å². The van der Waals surface area contributed by atoms with E-state index in [0.29, 0.717) is 18.5 Å². The smallest absolute Gasteiger partial charge is 0.252 e. The van der Waals surface area contributed by atoms with Crippen molar-refractivity contribution in [2.45, 2.75) is 38.6 Å². The van der Waals surface area contributed by atoms with Crippen LogP contribution in [0.2, 0.25) is 0 Å². The molecule has 5 nitrogen and oxygen atoms in total. The fourth-order valence-electron chi connectivity index (χ4n) is 3.18. The Labute approximate surface area is 148 Å². The van der Waals surface area contributed by atoms with Crippen molar-refractivity contribution >= 4 is 17.5 Å². The summed E-state index contributed by atoms with van der Waals surface area (Å²) in [5.74, 6) is -0.0164. The van der Waals surface area contributed by atoms with Crippen molar-refractivity contribution in [3.63, 3.8) is 0 Å². The predicted octanol–water partition coefficient (Wildman–Crippen LogP) is 3.12. The summed E-state index contributed by atoms with van der Waals surface area (Å²) >= 11 is 0. The lowest BCUT2D eigenvalue weighted by Gasteiger charge is -2.31. The molecule has 0 unspecified atom stereocenters. The van der Waals surface area contributed by atoms with Gasteiger partial charge >= 0.3 is 0 Å². The molecule has 0 spiro atoms. The monoisotopic (exact) mass is 339 g/mol. The normalized spacial score (nSPS) is 17.4. The number of benzene rings is 1. The second kappa shape index (κ2) is 6.39. The van der Waals surface area contributed by atoms with Crippen molar-refractivity contribution in [2.75, 3.05) is 18.5 Å². The van der Waals surface area contributed by atoms with Gasteiger partial charge in [0.2, 0.25) is 5.91 Å². The number of nitrogens with one attached hydrogen (secondary N) is 1. The highest BCUT2D eigenvalue weighted by molar-refractivity contribution is 5.97. The first-order valence-corrected chi connectivity index (χ1v) is 8.59. The Bertz CT molecular complexity index is 801. The summed E-state index contributed by atoms with van der Waals surface area (Å²) in [5.41, 5.74) is 2.62. The first-order valence-electron chi connectivity index (χ1n) is 8.59. The topological polar surface area (TPSA) is 54.3 Å². The molecule has 0 bridgehead atoms. The average Bonchev–Trinajstić information content (AvgIpc) is 3.07. The van der Waals surface area contributed by atoms with Gasteiger partial charge in [-0.3, -0.25) is 9.59 Å². The number of nitrogens with zero attached hydrogens (tertiary/aromatic N) is 2. The Kier molecular flexibility index (Phi) is 4.41. The summed E-state index contributed by atoms with van der Waals surface area (Å²) in [5, 5.41) is 2.99. The van der Waals surface area contributed by atoms with Gasteiger partial charge < -0.3 is 14.8 Å². The minimum absolute atomic E-state index is 0.00792. The number of amides is 2. The van der Waals surface area contributed by atoms with E-state index in [1.54, 1.807) is 11.9 Å². The minimum atomic E-state index is -0.105. The number of carbonyl (C=O) groups is 2. The third-order valence-electron chi connectivity index (χ3n) is 4.77. The van der Waals surface area contributed by atoms with Gasteiger partial charge in [0.1, 0.15) is 0 Å². The summed E-state index contributed by atoms with van der Waals surface area (Å²) in [7, 11) is 1.80.